The van der Waals surface area contributed by atoms with Gasteiger partial charge in [0.2, 0.25) is 5.91 Å². The molecule has 1 aliphatic rings. The standard InChI is InChI=1S/C21H20N2O2S/c1-25-18-10-2-14(3-11-18)12-20-23-19(13-26-20)15-6-8-17(9-7-15)22-21(24)16-4-5-16/h2-3,6-11,13,16H,4-5,12H2,1H3,(H,22,24). The van der Waals surface area contributed by atoms with Crippen molar-refractivity contribution in [3.05, 3.63) is 64.5 Å². The van der Waals surface area contributed by atoms with Gasteiger partial charge in [0, 0.05) is 29.0 Å². The van der Waals surface area contributed by atoms with Crippen LogP contribution in [0.2, 0.25) is 0 Å². The number of ether oxygens (including phenoxy) is 1. The van der Waals surface area contributed by atoms with Crippen molar-refractivity contribution in [3.8, 4) is 17.0 Å². The fourth-order valence-corrected chi connectivity index (χ4v) is 3.59. The number of rotatable bonds is 6. The number of thiazole rings is 1. The van der Waals surface area contributed by atoms with E-state index in [9.17, 15) is 4.79 Å². The summed E-state index contributed by atoms with van der Waals surface area (Å²) < 4.78 is 5.19. The van der Waals surface area contributed by atoms with Gasteiger partial charge < -0.3 is 10.1 Å². The molecule has 0 spiro atoms. The highest BCUT2D eigenvalue weighted by Crippen LogP contribution is 2.30. The fraction of sp³-hybridized carbons (Fsp3) is 0.238. The third kappa shape index (κ3) is 3.94. The van der Waals surface area contributed by atoms with Gasteiger partial charge in [-0.2, -0.15) is 0 Å². The lowest BCUT2D eigenvalue weighted by atomic mass is 10.1. The summed E-state index contributed by atoms with van der Waals surface area (Å²) in [6.07, 6.45) is 2.84. The molecule has 1 aliphatic carbocycles. The van der Waals surface area contributed by atoms with Crippen LogP contribution in [-0.4, -0.2) is 18.0 Å². The summed E-state index contributed by atoms with van der Waals surface area (Å²) in [5.74, 6) is 1.21. The van der Waals surface area contributed by atoms with Crippen LogP contribution in [0.3, 0.4) is 0 Å². The molecule has 2 aromatic carbocycles. The highest BCUT2D eigenvalue weighted by atomic mass is 32.1. The van der Waals surface area contributed by atoms with Crippen LogP contribution in [0.4, 0.5) is 5.69 Å². The molecule has 4 nitrogen and oxygen atoms in total. The minimum atomic E-state index is 0.133. The Bertz CT molecular complexity index is 897. The molecule has 5 heteroatoms. The van der Waals surface area contributed by atoms with Crippen LogP contribution in [0, 0.1) is 5.92 Å². The van der Waals surface area contributed by atoms with Gasteiger partial charge in [-0.05, 0) is 42.7 Å². The zero-order valence-electron chi connectivity index (χ0n) is 14.6. The molecular formula is C21H20N2O2S. The molecule has 1 aromatic heterocycles. The Balaban J connectivity index is 1.42. The second-order valence-corrected chi connectivity index (χ2v) is 7.43. The SMILES string of the molecule is COc1ccc(Cc2nc(-c3ccc(NC(=O)C4CC4)cc3)cs2)cc1. The molecule has 3 aromatic rings. The summed E-state index contributed by atoms with van der Waals surface area (Å²) in [6, 6.07) is 16.0. The summed E-state index contributed by atoms with van der Waals surface area (Å²) in [5, 5.41) is 6.12. The summed E-state index contributed by atoms with van der Waals surface area (Å²) in [5.41, 5.74) is 4.09. The first-order chi connectivity index (χ1) is 12.7. The number of amides is 1. The minimum absolute atomic E-state index is 0.133. The van der Waals surface area contributed by atoms with E-state index < -0.39 is 0 Å². The minimum Gasteiger partial charge on any atom is -0.497 e. The van der Waals surface area contributed by atoms with Crippen LogP contribution in [0.15, 0.2) is 53.9 Å². The van der Waals surface area contributed by atoms with E-state index in [1.165, 1.54) is 5.56 Å². The summed E-state index contributed by atoms with van der Waals surface area (Å²) in [7, 11) is 1.67. The first-order valence-corrected chi connectivity index (χ1v) is 9.58. The lowest BCUT2D eigenvalue weighted by Gasteiger charge is -2.05. The molecule has 0 unspecified atom stereocenters. The highest BCUT2D eigenvalue weighted by molar-refractivity contribution is 7.10. The van der Waals surface area contributed by atoms with E-state index in [0.717, 1.165) is 47.0 Å². The van der Waals surface area contributed by atoms with Gasteiger partial charge in [-0.15, -0.1) is 11.3 Å². The number of carbonyl (C=O) groups excluding carboxylic acids is 1. The Labute approximate surface area is 156 Å². The molecule has 26 heavy (non-hydrogen) atoms. The number of carbonyl (C=O) groups is 1. The van der Waals surface area contributed by atoms with Gasteiger partial charge >= 0.3 is 0 Å². The van der Waals surface area contributed by atoms with Crippen molar-refractivity contribution in [2.75, 3.05) is 12.4 Å². The Hall–Kier alpha value is -2.66. The lowest BCUT2D eigenvalue weighted by Crippen LogP contribution is -2.12. The largest absolute Gasteiger partial charge is 0.497 e. The van der Waals surface area contributed by atoms with E-state index in [1.54, 1.807) is 18.4 Å². The smallest absolute Gasteiger partial charge is 0.227 e. The molecule has 0 radical (unpaired) electrons. The van der Waals surface area contributed by atoms with E-state index in [-0.39, 0.29) is 11.8 Å². The van der Waals surface area contributed by atoms with Gasteiger partial charge in [-0.25, -0.2) is 4.98 Å². The third-order valence-electron chi connectivity index (χ3n) is 4.46. The van der Waals surface area contributed by atoms with E-state index >= 15 is 0 Å². The fourth-order valence-electron chi connectivity index (χ4n) is 2.76. The third-order valence-corrected chi connectivity index (χ3v) is 5.31. The predicted molar refractivity (Wildman–Crippen MR) is 105 cm³/mol. The molecule has 1 amide bonds. The molecular weight excluding hydrogens is 344 g/mol. The Morgan fingerprint density at radius 3 is 2.54 bits per heavy atom. The number of anilines is 1. The highest BCUT2D eigenvalue weighted by Gasteiger charge is 2.29. The number of nitrogens with one attached hydrogen (secondary N) is 1. The number of hydrogen-bond donors (Lipinski definition) is 1. The summed E-state index contributed by atoms with van der Waals surface area (Å²) in [4.78, 5) is 16.6. The molecule has 0 bridgehead atoms. The number of hydrogen-bond acceptors (Lipinski definition) is 4. The molecule has 1 fully saturated rings. The van der Waals surface area contributed by atoms with Crippen LogP contribution >= 0.6 is 11.3 Å². The van der Waals surface area contributed by atoms with Gasteiger partial charge in [0.1, 0.15) is 5.75 Å². The van der Waals surface area contributed by atoms with Gasteiger partial charge in [0.05, 0.1) is 17.8 Å². The maximum Gasteiger partial charge on any atom is 0.227 e. The quantitative estimate of drug-likeness (QED) is 0.686. The van der Waals surface area contributed by atoms with Crippen LogP contribution in [0.25, 0.3) is 11.3 Å². The molecule has 1 saturated carbocycles. The monoisotopic (exact) mass is 364 g/mol. The lowest BCUT2D eigenvalue weighted by molar-refractivity contribution is -0.117. The van der Waals surface area contributed by atoms with Crippen molar-refractivity contribution in [2.24, 2.45) is 5.92 Å². The Kier molecular flexibility index (Phi) is 4.71. The first kappa shape index (κ1) is 16.8. The van der Waals surface area contributed by atoms with Gasteiger partial charge in [0.25, 0.3) is 0 Å². The molecule has 0 atom stereocenters. The van der Waals surface area contributed by atoms with Crippen molar-refractivity contribution in [1.29, 1.82) is 0 Å². The van der Waals surface area contributed by atoms with Gasteiger partial charge in [-0.1, -0.05) is 24.3 Å². The van der Waals surface area contributed by atoms with Crippen LogP contribution in [-0.2, 0) is 11.2 Å². The average Bonchev–Trinajstić information content (AvgIpc) is 3.43. The zero-order valence-corrected chi connectivity index (χ0v) is 15.4. The molecule has 1 heterocycles. The van der Waals surface area contributed by atoms with Crippen molar-refractivity contribution < 1.29 is 9.53 Å². The van der Waals surface area contributed by atoms with Crippen LogP contribution < -0.4 is 10.1 Å². The van der Waals surface area contributed by atoms with Crippen molar-refractivity contribution in [1.82, 2.24) is 4.98 Å². The second kappa shape index (κ2) is 7.30. The van der Waals surface area contributed by atoms with Crippen molar-refractivity contribution in [3.63, 3.8) is 0 Å². The second-order valence-electron chi connectivity index (χ2n) is 6.49. The predicted octanol–water partition coefficient (Wildman–Crippen LogP) is 4.76. The molecule has 132 valence electrons. The first-order valence-electron chi connectivity index (χ1n) is 8.70. The number of nitrogens with zero attached hydrogens (tertiary/aromatic N) is 1. The van der Waals surface area contributed by atoms with Crippen molar-refractivity contribution >= 4 is 22.9 Å². The molecule has 4 rings (SSSR count). The van der Waals surface area contributed by atoms with Gasteiger partial charge in [0.15, 0.2) is 0 Å². The van der Waals surface area contributed by atoms with Crippen LogP contribution in [0.5, 0.6) is 5.75 Å². The van der Waals surface area contributed by atoms with E-state index in [1.807, 2.05) is 36.4 Å². The number of benzene rings is 2. The van der Waals surface area contributed by atoms with E-state index in [2.05, 4.69) is 22.8 Å². The average molecular weight is 364 g/mol. The number of methoxy groups -OCH3 is 1. The maximum absolute atomic E-state index is 11.8. The Morgan fingerprint density at radius 1 is 1.15 bits per heavy atom. The summed E-state index contributed by atoms with van der Waals surface area (Å²) in [6.45, 7) is 0. The maximum atomic E-state index is 11.8. The molecule has 0 aliphatic heterocycles. The number of aromatic nitrogens is 1. The van der Waals surface area contributed by atoms with Crippen molar-refractivity contribution in [2.45, 2.75) is 19.3 Å². The Morgan fingerprint density at radius 2 is 1.88 bits per heavy atom. The normalized spacial score (nSPS) is 13.4. The topological polar surface area (TPSA) is 51.2 Å². The van der Waals surface area contributed by atoms with Crippen LogP contribution in [0.1, 0.15) is 23.4 Å². The summed E-state index contributed by atoms with van der Waals surface area (Å²) >= 11 is 1.66. The van der Waals surface area contributed by atoms with E-state index in [4.69, 9.17) is 9.72 Å². The molecule has 0 saturated heterocycles. The van der Waals surface area contributed by atoms with E-state index in [0.29, 0.717) is 0 Å². The molecule has 1 N–H and O–H groups in total. The van der Waals surface area contributed by atoms with Gasteiger partial charge in [-0.3, -0.25) is 4.79 Å². The zero-order chi connectivity index (χ0) is 17.9.